The number of furan rings is 1. The Kier molecular flexibility index (Phi) is 5.53. The Morgan fingerprint density at radius 1 is 1.10 bits per heavy atom. The third-order valence-electron chi connectivity index (χ3n) is 4.49. The van der Waals surface area contributed by atoms with Crippen LogP contribution in [0.25, 0.3) is 0 Å². The average Bonchev–Trinajstić information content (AvgIpc) is 3.44. The quantitative estimate of drug-likeness (QED) is 0.467. The van der Waals surface area contributed by atoms with Crippen LogP contribution < -0.4 is 5.32 Å². The molecule has 0 unspecified atom stereocenters. The summed E-state index contributed by atoms with van der Waals surface area (Å²) >= 11 is 1.56. The van der Waals surface area contributed by atoms with E-state index in [0.717, 1.165) is 34.5 Å². The van der Waals surface area contributed by atoms with Gasteiger partial charge in [-0.3, -0.25) is 4.79 Å². The van der Waals surface area contributed by atoms with Gasteiger partial charge in [-0.2, -0.15) is 0 Å². The number of carbonyl (C=O) groups excluding carboxylic acids is 1. The Hall–Kier alpha value is -3.26. The summed E-state index contributed by atoms with van der Waals surface area (Å²) in [7, 11) is 1.94. The van der Waals surface area contributed by atoms with Gasteiger partial charge < -0.3 is 18.9 Å². The number of anilines is 1. The highest BCUT2D eigenvalue weighted by Crippen LogP contribution is 2.22. The minimum absolute atomic E-state index is 0.267. The van der Waals surface area contributed by atoms with Crippen molar-refractivity contribution >= 4 is 23.4 Å². The fraction of sp³-hybridized carbons (Fsp3) is 0.190. The van der Waals surface area contributed by atoms with Gasteiger partial charge >= 0.3 is 0 Å². The molecule has 0 saturated heterocycles. The summed E-state index contributed by atoms with van der Waals surface area (Å²) in [6.45, 7) is 2.72. The van der Waals surface area contributed by atoms with E-state index in [1.165, 1.54) is 0 Å². The molecule has 1 aromatic carbocycles. The molecule has 3 aromatic heterocycles. The Morgan fingerprint density at radius 3 is 2.59 bits per heavy atom. The summed E-state index contributed by atoms with van der Waals surface area (Å²) < 4.78 is 9.70. The minimum atomic E-state index is -0.267. The van der Waals surface area contributed by atoms with Crippen molar-refractivity contribution in [2.24, 2.45) is 7.05 Å². The summed E-state index contributed by atoms with van der Waals surface area (Å²) in [5.74, 6) is 2.34. The number of hydrogen-bond donors (Lipinski definition) is 1. The summed E-state index contributed by atoms with van der Waals surface area (Å²) in [4.78, 5) is 20.9. The van der Waals surface area contributed by atoms with Gasteiger partial charge in [-0.05, 0) is 36.8 Å². The normalized spacial score (nSPS) is 11.0. The number of nitrogens with zero attached hydrogens (tertiary/aromatic N) is 4. The zero-order chi connectivity index (χ0) is 20.2. The monoisotopic (exact) mass is 407 g/mol. The molecule has 0 aliphatic carbocycles. The lowest BCUT2D eigenvalue weighted by atomic mass is 10.2. The number of hydrogen-bond acceptors (Lipinski definition) is 5. The van der Waals surface area contributed by atoms with E-state index in [4.69, 9.17) is 4.42 Å². The van der Waals surface area contributed by atoms with Crippen molar-refractivity contribution in [3.8, 4) is 0 Å². The number of benzene rings is 1. The van der Waals surface area contributed by atoms with Gasteiger partial charge in [-0.25, -0.2) is 9.97 Å². The molecule has 29 heavy (non-hydrogen) atoms. The fourth-order valence-electron chi connectivity index (χ4n) is 2.86. The molecule has 3 heterocycles. The van der Waals surface area contributed by atoms with Crippen molar-refractivity contribution in [2.75, 3.05) is 5.32 Å². The second-order valence-corrected chi connectivity index (χ2v) is 7.57. The second-order valence-electron chi connectivity index (χ2n) is 6.63. The van der Waals surface area contributed by atoms with E-state index in [9.17, 15) is 4.79 Å². The van der Waals surface area contributed by atoms with E-state index < -0.39 is 0 Å². The van der Waals surface area contributed by atoms with Gasteiger partial charge in [-0.15, -0.1) is 0 Å². The molecule has 148 valence electrons. The molecule has 7 nitrogen and oxygen atoms in total. The van der Waals surface area contributed by atoms with Gasteiger partial charge in [0.25, 0.3) is 5.91 Å². The summed E-state index contributed by atoms with van der Waals surface area (Å²) in [6, 6.07) is 11.3. The number of thioether (sulfide) groups is 1. The number of rotatable bonds is 7. The maximum Gasteiger partial charge on any atom is 0.291 e. The predicted octanol–water partition coefficient (Wildman–Crippen LogP) is 4.11. The molecule has 1 amide bonds. The molecular weight excluding hydrogens is 386 g/mol. The molecule has 0 bridgehead atoms. The van der Waals surface area contributed by atoms with Crippen molar-refractivity contribution in [1.82, 2.24) is 19.1 Å². The molecule has 0 spiro atoms. The van der Waals surface area contributed by atoms with Crippen LogP contribution in [0.3, 0.4) is 0 Å². The average molecular weight is 407 g/mol. The Morgan fingerprint density at radius 2 is 1.90 bits per heavy atom. The van der Waals surface area contributed by atoms with Crippen molar-refractivity contribution in [3.63, 3.8) is 0 Å². The lowest BCUT2D eigenvalue weighted by Gasteiger charge is -2.07. The third-order valence-corrected chi connectivity index (χ3v) is 5.57. The van der Waals surface area contributed by atoms with Crippen molar-refractivity contribution < 1.29 is 9.21 Å². The summed E-state index contributed by atoms with van der Waals surface area (Å²) in [6.07, 6.45) is 7.39. The van der Waals surface area contributed by atoms with Gasteiger partial charge in [0, 0.05) is 44.1 Å². The van der Waals surface area contributed by atoms with E-state index in [1.54, 1.807) is 30.2 Å². The van der Waals surface area contributed by atoms with Crippen molar-refractivity contribution in [3.05, 3.63) is 84.1 Å². The first-order valence-corrected chi connectivity index (χ1v) is 10.1. The number of amides is 1. The summed E-state index contributed by atoms with van der Waals surface area (Å²) in [5, 5.41) is 3.77. The second kappa shape index (κ2) is 8.40. The standard InChI is InChI=1S/C21H21N5O2S/c1-15-22-10-12-26(15)13-16-3-5-17(6-4-16)24-20(27)19-8-7-18(28-19)14-29-21-23-9-11-25(21)2/h3-12H,13-14H2,1-2H3,(H,24,27). The van der Waals surface area contributed by atoms with Crippen LogP contribution in [0.2, 0.25) is 0 Å². The predicted molar refractivity (Wildman–Crippen MR) is 112 cm³/mol. The molecular formula is C21H21N5O2S. The lowest BCUT2D eigenvalue weighted by Crippen LogP contribution is -2.11. The van der Waals surface area contributed by atoms with E-state index in [-0.39, 0.29) is 5.91 Å². The molecule has 4 aromatic rings. The van der Waals surface area contributed by atoms with Gasteiger partial charge in [0.05, 0.1) is 5.75 Å². The fourth-order valence-corrected chi connectivity index (χ4v) is 3.68. The topological polar surface area (TPSA) is 77.9 Å². The number of nitrogens with one attached hydrogen (secondary N) is 1. The smallest absolute Gasteiger partial charge is 0.291 e. The van der Waals surface area contributed by atoms with Crippen molar-refractivity contribution in [2.45, 2.75) is 24.4 Å². The van der Waals surface area contributed by atoms with Crippen molar-refractivity contribution in [1.29, 1.82) is 0 Å². The van der Waals surface area contributed by atoms with E-state index in [1.807, 2.05) is 61.3 Å². The highest BCUT2D eigenvalue weighted by molar-refractivity contribution is 7.98. The SMILES string of the molecule is Cc1nccn1Cc1ccc(NC(=O)c2ccc(CSc3nccn3C)o2)cc1. The zero-order valence-corrected chi connectivity index (χ0v) is 17.0. The van der Waals surface area contributed by atoms with Crippen LogP contribution in [-0.4, -0.2) is 25.0 Å². The van der Waals surface area contributed by atoms with Gasteiger partial charge in [-0.1, -0.05) is 23.9 Å². The Balaban J connectivity index is 1.34. The Bertz CT molecular complexity index is 1110. The summed E-state index contributed by atoms with van der Waals surface area (Å²) in [5.41, 5.74) is 1.86. The molecule has 0 aliphatic rings. The molecule has 8 heteroatoms. The van der Waals surface area contributed by atoms with Crippen LogP contribution in [-0.2, 0) is 19.3 Å². The Labute approximate surface area is 172 Å². The van der Waals surface area contributed by atoms with Crippen LogP contribution in [0.1, 0.15) is 27.7 Å². The first-order valence-electron chi connectivity index (χ1n) is 9.15. The van der Waals surface area contributed by atoms with E-state index in [0.29, 0.717) is 11.5 Å². The number of aromatic nitrogens is 4. The van der Waals surface area contributed by atoms with Crippen LogP contribution in [0.4, 0.5) is 5.69 Å². The molecule has 4 rings (SSSR count). The first-order chi connectivity index (χ1) is 14.1. The van der Waals surface area contributed by atoms with Crippen LogP contribution >= 0.6 is 11.8 Å². The van der Waals surface area contributed by atoms with E-state index in [2.05, 4.69) is 19.9 Å². The maximum atomic E-state index is 12.5. The largest absolute Gasteiger partial charge is 0.455 e. The third kappa shape index (κ3) is 4.60. The molecule has 0 aliphatic heterocycles. The minimum Gasteiger partial charge on any atom is -0.455 e. The molecule has 0 fully saturated rings. The highest BCUT2D eigenvalue weighted by Gasteiger charge is 2.12. The van der Waals surface area contributed by atoms with Crippen LogP contribution in [0.15, 0.2) is 70.8 Å². The molecule has 1 N–H and O–H groups in total. The number of carbonyl (C=O) groups is 1. The number of imidazole rings is 2. The first kappa shape index (κ1) is 19.1. The lowest BCUT2D eigenvalue weighted by molar-refractivity contribution is 0.0995. The highest BCUT2D eigenvalue weighted by atomic mass is 32.2. The van der Waals surface area contributed by atoms with Gasteiger partial charge in [0.2, 0.25) is 0 Å². The number of aryl methyl sites for hydroxylation is 2. The zero-order valence-electron chi connectivity index (χ0n) is 16.2. The van der Waals surface area contributed by atoms with E-state index >= 15 is 0 Å². The molecule has 0 atom stereocenters. The van der Waals surface area contributed by atoms with Gasteiger partial charge in [0.15, 0.2) is 10.9 Å². The molecule has 0 saturated carbocycles. The van der Waals surface area contributed by atoms with Crippen LogP contribution in [0.5, 0.6) is 0 Å². The van der Waals surface area contributed by atoms with Crippen LogP contribution in [0, 0.1) is 6.92 Å². The molecule has 0 radical (unpaired) electrons. The van der Waals surface area contributed by atoms with Gasteiger partial charge in [0.1, 0.15) is 11.6 Å². The maximum absolute atomic E-state index is 12.5.